The van der Waals surface area contributed by atoms with E-state index in [1.165, 1.54) is 10.4 Å². The molecule has 0 atom stereocenters. The van der Waals surface area contributed by atoms with Gasteiger partial charge in [0.1, 0.15) is 5.71 Å². The van der Waals surface area contributed by atoms with Gasteiger partial charge in [-0.25, -0.2) is 9.98 Å². The van der Waals surface area contributed by atoms with Gasteiger partial charge in [-0.3, -0.25) is 4.79 Å². The minimum absolute atomic E-state index is 0.116. The first-order valence-corrected chi connectivity index (χ1v) is 10.0. The highest BCUT2D eigenvalue weighted by molar-refractivity contribution is 6.49. The molecule has 1 aliphatic rings. The highest BCUT2D eigenvalue weighted by Crippen LogP contribution is 2.27. The van der Waals surface area contributed by atoms with E-state index in [2.05, 4.69) is 54.8 Å². The first kappa shape index (κ1) is 20.0. The third-order valence-corrected chi connectivity index (χ3v) is 5.26. The van der Waals surface area contributed by atoms with E-state index < -0.39 is 0 Å². The second kappa shape index (κ2) is 8.09. The summed E-state index contributed by atoms with van der Waals surface area (Å²) in [4.78, 5) is 24.5. The summed E-state index contributed by atoms with van der Waals surface area (Å²) >= 11 is 0. The van der Waals surface area contributed by atoms with E-state index >= 15 is 0 Å². The summed E-state index contributed by atoms with van der Waals surface area (Å²) in [5.41, 5.74) is 5.95. The minimum Gasteiger partial charge on any atom is -0.372 e. The number of aromatic nitrogens is 2. The monoisotopic (exact) mass is 379 g/mol. The smallest absolute Gasteiger partial charge is 0.277 e. The molecule has 0 bridgehead atoms. The molecule has 0 unspecified atom stereocenters. The number of rotatable bonds is 6. The Bertz CT molecular complexity index is 1010. The van der Waals surface area contributed by atoms with Crippen molar-refractivity contribution in [2.45, 2.75) is 54.4 Å². The molecular formula is C22H29N5O. The average molecular weight is 380 g/mol. The number of benzene rings is 1. The number of aliphatic imine (C=N–C) groups is 1. The summed E-state index contributed by atoms with van der Waals surface area (Å²) in [5, 5.41) is 4.54. The van der Waals surface area contributed by atoms with Crippen molar-refractivity contribution in [3.63, 3.8) is 0 Å². The second-order valence-electron chi connectivity index (χ2n) is 7.16. The lowest BCUT2D eigenvalue weighted by Crippen LogP contribution is -2.24. The lowest BCUT2D eigenvalue weighted by Gasteiger charge is -2.21. The zero-order valence-electron chi connectivity index (χ0n) is 17.7. The quantitative estimate of drug-likeness (QED) is 0.757. The van der Waals surface area contributed by atoms with Crippen LogP contribution in [0, 0.1) is 20.8 Å². The van der Waals surface area contributed by atoms with Crippen molar-refractivity contribution in [1.82, 2.24) is 9.66 Å². The molecule has 0 N–H and O–H groups in total. The van der Waals surface area contributed by atoms with Gasteiger partial charge in [-0.2, -0.15) is 9.78 Å². The van der Waals surface area contributed by atoms with Crippen molar-refractivity contribution in [3.8, 4) is 0 Å². The third kappa shape index (κ3) is 3.51. The Hall–Kier alpha value is -2.76. The van der Waals surface area contributed by atoms with E-state index in [1.807, 2.05) is 13.0 Å². The first-order chi connectivity index (χ1) is 13.4. The van der Waals surface area contributed by atoms with Gasteiger partial charge in [0.15, 0.2) is 5.82 Å². The molecule has 28 heavy (non-hydrogen) atoms. The van der Waals surface area contributed by atoms with Crippen molar-refractivity contribution in [1.29, 1.82) is 0 Å². The van der Waals surface area contributed by atoms with E-state index in [1.54, 1.807) is 6.92 Å². The highest BCUT2D eigenvalue weighted by Gasteiger charge is 2.26. The molecule has 2 aromatic rings. The Labute approximate surface area is 166 Å². The summed E-state index contributed by atoms with van der Waals surface area (Å²) in [6, 6.07) is 6.31. The fourth-order valence-electron chi connectivity index (χ4n) is 3.43. The summed E-state index contributed by atoms with van der Waals surface area (Å²) in [6.45, 7) is 14.1. The second-order valence-corrected chi connectivity index (χ2v) is 7.16. The zero-order chi connectivity index (χ0) is 20.4. The predicted molar refractivity (Wildman–Crippen MR) is 117 cm³/mol. The maximum Gasteiger partial charge on any atom is 0.277 e. The topological polar surface area (TPSA) is 62.9 Å². The van der Waals surface area contributed by atoms with Crippen molar-refractivity contribution in [2.75, 3.05) is 18.0 Å². The molecule has 0 saturated heterocycles. The Morgan fingerprint density at radius 3 is 2.43 bits per heavy atom. The standard InChI is InChI=1S/C22H29N5O/c1-7-10-19-20(21-23-16(6)15(5)22(28)27(21)25-19)24-18-12-11-17(13-14(18)4)26(8-2)9-3/h11-13H,7-10H2,1-6H3. The molecular weight excluding hydrogens is 350 g/mol. The van der Waals surface area contributed by atoms with E-state index in [-0.39, 0.29) is 5.56 Å². The molecule has 148 valence electrons. The van der Waals surface area contributed by atoms with Gasteiger partial charge in [-0.05, 0) is 64.8 Å². The van der Waals surface area contributed by atoms with E-state index in [9.17, 15) is 4.79 Å². The third-order valence-electron chi connectivity index (χ3n) is 5.26. The van der Waals surface area contributed by atoms with Gasteiger partial charge in [-0.1, -0.05) is 13.3 Å². The van der Waals surface area contributed by atoms with Crippen molar-refractivity contribution in [3.05, 3.63) is 51.2 Å². The molecule has 1 aromatic heterocycles. The van der Waals surface area contributed by atoms with Crippen LogP contribution in [0.1, 0.15) is 56.3 Å². The Morgan fingerprint density at radius 1 is 1.11 bits per heavy atom. The highest BCUT2D eigenvalue weighted by atomic mass is 16.1. The van der Waals surface area contributed by atoms with E-state index in [0.717, 1.165) is 48.6 Å². The van der Waals surface area contributed by atoms with Crippen LogP contribution in [0.5, 0.6) is 0 Å². The molecule has 6 heteroatoms. The first-order valence-electron chi connectivity index (χ1n) is 10.0. The van der Waals surface area contributed by atoms with Gasteiger partial charge >= 0.3 is 0 Å². The molecule has 3 rings (SSSR count). The van der Waals surface area contributed by atoms with Crippen LogP contribution in [-0.2, 0) is 0 Å². The van der Waals surface area contributed by atoms with Gasteiger partial charge in [0.25, 0.3) is 5.56 Å². The van der Waals surface area contributed by atoms with E-state index in [4.69, 9.17) is 4.99 Å². The summed E-state index contributed by atoms with van der Waals surface area (Å²) in [6.07, 6.45) is 1.69. The Kier molecular flexibility index (Phi) is 5.77. The summed E-state index contributed by atoms with van der Waals surface area (Å²) in [7, 11) is 0. The average Bonchev–Trinajstić information content (AvgIpc) is 3.00. The molecule has 0 spiro atoms. The van der Waals surface area contributed by atoms with Crippen molar-refractivity contribution in [2.24, 2.45) is 10.1 Å². The number of aryl methyl sites for hydroxylation is 2. The SMILES string of the molecule is CCCC1=Nn2c(nc(C)c(C)c2=O)C1=Nc1ccc(N(CC)CC)cc1C. The molecule has 0 saturated carbocycles. The van der Waals surface area contributed by atoms with Crippen LogP contribution in [0.15, 0.2) is 33.1 Å². The number of hydrogen-bond acceptors (Lipinski definition) is 5. The lowest BCUT2D eigenvalue weighted by atomic mass is 10.1. The van der Waals surface area contributed by atoms with Crippen LogP contribution in [0.25, 0.3) is 0 Å². The largest absolute Gasteiger partial charge is 0.372 e. The molecule has 1 aromatic carbocycles. The van der Waals surface area contributed by atoms with Crippen molar-refractivity contribution >= 4 is 22.8 Å². The summed E-state index contributed by atoms with van der Waals surface area (Å²) < 4.78 is 1.41. The molecule has 2 heterocycles. The van der Waals surface area contributed by atoms with Crippen molar-refractivity contribution < 1.29 is 0 Å². The number of hydrogen-bond donors (Lipinski definition) is 0. The summed E-state index contributed by atoms with van der Waals surface area (Å²) in [5.74, 6) is 0.545. The number of fused-ring (bicyclic) bond motifs is 1. The van der Waals surface area contributed by atoms with Crippen LogP contribution in [0.3, 0.4) is 0 Å². The molecule has 0 fully saturated rings. The van der Waals surface area contributed by atoms with Gasteiger partial charge in [0.05, 0.1) is 11.4 Å². The lowest BCUT2D eigenvalue weighted by molar-refractivity contribution is 0.776. The maximum atomic E-state index is 12.6. The zero-order valence-corrected chi connectivity index (χ0v) is 17.7. The number of nitrogens with zero attached hydrogens (tertiary/aromatic N) is 5. The van der Waals surface area contributed by atoms with Crippen LogP contribution in [0.4, 0.5) is 11.4 Å². The number of anilines is 1. The van der Waals surface area contributed by atoms with Crippen LogP contribution in [-0.4, -0.2) is 34.2 Å². The normalized spacial score (nSPS) is 14.4. The molecule has 0 amide bonds. The van der Waals surface area contributed by atoms with Gasteiger partial charge in [0, 0.05) is 30.0 Å². The van der Waals surface area contributed by atoms with Gasteiger partial charge in [-0.15, -0.1) is 0 Å². The van der Waals surface area contributed by atoms with E-state index in [0.29, 0.717) is 17.1 Å². The predicted octanol–water partition coefficient (Wildman–Crippen LogP) is 4.15. The molecule has 0 radical (unpaired) electrons. The molecule has 1 aliphatic heterocycles. The van der Waals surface area contributed by atoms with Gasteiger partial charge in [0.2, 0.25) is 0 Å². The Morgan fingerprint density at radius 2 is 1.82 bits per heavy atom. The van der Waals surface area contributed by atoms with Crippen LogP contribution in [0.2, 0.25) is 0 Å². The maximum absolute atomic E-state index is 12.6. The van der Waals surface area contributed by atoms with Crippen LogP contribution < -0.4 is 10.5 Å². The fourth-order valence-corrected chi connectivity index (χ4v) is 3.43. The minimum atomic E-state index is -0.116. The Balaban J connectivity index is 2.11. The molecule has 0 aliphatic carbocycles. The fraction of sp³-hybridized carbons (Fsp3) is 0.455. The molecule has 6 nitrogen and oxygen atoms in total. The van der Waals surface area contributed by atoms with Crippen LogP contribution >= 0.6 is 0 Å². The van der Waals surface area contributed by atoms with Gasteiger partial charge < -0.3 is 4.90 Å².